The average Bonchev–Trinajstić information content (AvgIpc) is 3.58. The molecule has 0 spiro atoms. The van der Waals surface area contributed by atoms with Crippen LogP contribution in [0, 0.1) is 11.3 Å². The number of aromatic amines is 1. The summed E-state index contributed by atoms with van der Waals surface area (Å²) in [6.45, 7) is 8.35. The molecule has 1 aliphatic carbocycles. The third-order valence-corrected chi connectivity index (χ3v) is 8.22. The third kappa shape index (κ3) is 12.8. The molecule has 1 amide bonds. The monoisotopic (exact) mass is 716 g/mol. The number of likely N-dealkylation sites (tertiary alicyclic amines) is 1. The van der Waals surface area contributed by atoms with E-state index in [1.54, 1.807) is 0 Å². The Morgan fingerprint density at radius 3 is 2.04 bits per heavy atom. The zero-order chi connectivity index (χ0) is 36.9. The molecule has 2 saturated heterocycles. The molecule has 12 nitrogen and oxygen atoms in total. The van der Waals surface area contributed by atoms with Crippen molar-refractivity contribution in [3.63, 3.8) is 0 Å². The zero-order valence-electron chi connectivity index (χ0n) is 26.9. The highest BCUT2D eigenvalue weighted by molar-refractivity contribution is 6.03. The van der Waals surface area contributed by atoms with E-state index in [2.05, 4.69) is 49.4 Å². The quantitative estimate of drug-likeness (QED) is 0.277. The summed E-state index contributed by atoms with van der Waals surface area (Å²) in [4.78, 5) is 42.5. The van der Waals surface area contributed by atoms with E-state index >= 15 is 0 Å². The number of amides is 1. The van der Waals surface area contributed by atoms with E-state index in [4.69, 9.17) is 29.8 Å². The Balaban J connectivity index is 0.000000408. The Bertz CT molecular complexity index is 1500. The van der Waals surface area contributed by atoms with Gasteiger partial charge in [0.05, 0.1) is 19.4 Å². The number of hydrogen-bond acceptors (Lipinski definition) is 8. The van der Waals surface area contributed by atoms with Gasteiger partial charge in [0.15, 0.2) is 5.82 Å². The van der Waals surface area contributed by atoms with Gasteiger partial charge in [-0.1, -0.05) is 12.1 Å². The second kappa shape index (κ2) is 18.5. The van der Waals surface area contributed by atoms with Gasteiger partial charge in [-0.2, -0.15) is 31.6 Å². The minimum Gasteiger partial charge on any atom is -0.475 e. The number of carboxylic acids is 2. The van der Waals surface area contributed by atoms with E-state index in [1.165, 1.54) is 30.2 Å². The summed E-state index contributed by atoms with van der Waals surface area (Å²) in [5, 5.41) is 26.3. The van der Waals surface area contributed by atoms with E-state index in [0.717, 1.165) is 89.4 Å². The second-order valence-corrected chi connectivity index (χ2v) is 11.7. The fourth-order valence-corrected chi connectivity index (χ4v) is 5.55. The van der Waals surface area contributed by atoms with Crippen molar-refractivity contribution < 1.29 is 55.7 Å². The van der Waals surface area contributed by atoms with Gasteiger partial charge < -0.3 is 30.2 Å². The van der Waals surface area contributed by atoms with Crippen molar-refractivity contribution in [3.05, 3.63) is 53.1 Å². The van der Waals surface area contributed by atoms with Crippen molar-refractivity contribution >= 4 is 29.1 Å². The first kappa shape index (κ1) is 40.0. The number of allylic oxidation sites excluding steroid dienone is 2. The van der Waals surface area contributed by atoms with Gasteiger partial charge in [-0.15, -0.1) is 0 Å². The number of carboxylic acid groups (broad SMARTS) is 2. The van der Waals surface area contributed by atoms with E-state index < -0.39 is 24.3 Å². The van der Waals surface area contributed by atoms with Gasteiger partial charge in [-0.05, 0) is 80.8 Å². The molecule has 0 unspecified atom stereocenters. The number of nitrogens with zero attached hydrogens (tertiary/aromatic N) is 4. The van der Waals surface area contributed by atoms with Crippen molar-refractivity contribution in [2.24, 2.45) is 0 Å². The molecule has 5 rings (SSSR count). The van der Waals surface area contributed by atoms with E-state index in [9.17, 15) is 31.1 Å². The van der Waals surface area contributed by atoms with Crippen LogP contribution in [0.4, 0.5) is 32.0 Å². The number of hydrogen-bond donors (Lipinski definition) is 4. The maximum absolute atomic E-state index is 12.8. The van der Waals surface area contributed by atoms with Gasteiger partial charge in [0.1, 0.15) is 11.8 Å². The van der Waals surface area contributed by atoms with Crippen LogP contribution in [0.15, 0.2) is 30.5 Å². The number of rotatable bonds is 7. The highest BCUT2D eigenvalue weighted by Crippen LogP contribution is 2.36. The number of halogens is 6. The molecule has 3 heterocycles. The molecular weight excluding hydrogens is 678 g/mol. The smallest absolute Gasteiger partial charge is 0.475 e. The SMILES string of the molecule is N#Cc1cnc(C(=O)Nc2ccc(C3CCN(CCN4CCOCC4)CC3)cc2C2=CCCCC2)[nH]1.O=C(O)C(F)(F)F.O=C(O)C(F)(F)F. The topological polar surface area (TPSA) is 172 Å². The number of alkyl halides is 6. The van der Waals surface area contributed by atoms with E-state index in [0.29, 0.717) is 5.92 Å². The van der Waals surface area contributed by atoms with Gasteiger partial charge in [0.2, 0.25) is 0 Å². The summed E-state index contributed by atoms with van der Waals surface area (Å²) in [6, 6.07) is 8.52. The lowest BCUT2D eigenvalue weighted by atomic mass is 9.85. The van der Waals surface area contributed by atoms with Crippen LogP contribution in [0.3, 0.4) is 0 Å². The second-order valence-electron chi connectivity index (χ2n) is 11.7. The van der Waals surface area contributed by atoms with Crippen LogP contribution >= 0.6 is 0 Å². The molecule has 50 heavy (non-hydrogen) atoms. The number of imidazole rings is 1. The number of morpholine rings is 1. The summed E-state index contributed by atoms with van der Waals surface area (Å²) >= 11 is 0. The van der Waals surface area contributed by atoms with Crippen LogP contribution in [0.1, 0.15) is 71.9 Å². The molecule has 0 atom stereocenters. The number of ether oxygens (including phenoxy) is 1. The normalized spacial score (nSPS) is 17.6. The molecule has 2 aromatic rings. The number of anilines is 1. The summed E-state index contributed by atoms with van der Waals surface area (Å²) < 4.78 is 68.9. The predicted octanol–water partition coefficient (Wildman–Crippen LogP) is 5.27. The van der Waals surface area contributed by atoms with Gasteiger partial charge >= 0.3 is 24.3 Å². The van der Waals surface area contributed by atoms with E-state index in [-0.39, 0.29) is 17.4 Å². The van der Waals surface area contributed by atoms with Gasteiger partial charge in [-0.3, -0.25) is 9.69 Å². The van der Waals surface area contributed by atoms with Crippen molar-refractivity contribution in [1.82, 2.24) is 19.8 Å². The Morgan fingerprint density at radius 2 is 1.54 bits per heavy atom. The number of aromatic nitrogens is 2. The third-order valence-electron chi connectivity index (χ3n) is 8.22. The Labute approximate surface area is 283 Å². The number of aliphatic carboxylic acids is 2. The maximum Gasteiger partial charge on any atom is 0.490 e. The summed E-state index contributed by atoms with van der Waals surface area (Å²) in [5.74, 6) is -5.14. The average molecular weight is 717 g/mol. The molecule has 0 bridgehead atoms. The van der Waals surface area contributed by atoms with E-state index in [1.807, 2.05) is 6.07 Å². The fraction of sp³-hybridized carbons (Fsp3) is 0.531. The van der Waals surface area contributed by atoms with Gasteiger partial charge in [0.25, 0.3) is 5.91 Å². The first-order valence-electron chi connectivity index (χ1n) is 15.8. The summed E-state index contributed by atoms with van der Waals surface area (Å²) in [6.07, 6.45) is 0.381. The van der Waals surface area contributed by atoms with Crippen LogP contribution in [0.5, 0.6) is 0 Å². The van der Waals surface area contributed by atoms with Crippen molar-refractivity contribution in [1.29, 1.82) is 5.26 Å². The number of H-pyrrole nitrogens is 1. The Morgan fingerprint density at radius 1 is 0.960 bits per heavy atom. The molecule has 2 fully saturated rings. The number of nitrogens with one attached hydrogen (secondary N) is 2. The molecule has 2 aliphatic heterocycles. The van der Waals surface area contributed by atoms with Crippen LogP contribution in [0.2, 0.25) is 0 Å². The number of carbonyl (C=O) groups is 3. The highest BCUT2D eigenvalue weighted by atomic mass is 19.4. The molecule has 274 valence electrons. The molecule has 1 aromatic heterocycles. The lowest BCUT2D eigenvalue weighted by molar-refractivity contribution is -0.193. The molecule has 0 radical (unpaired) electrons. The standard InChI is InChI=1S/C28H36N6O2.2C2HF3O2/c29-19-24-20-30-27(31-24)28(35)32-26-7-6-23(18-25(26)22-4-2-1-3-5-22)21-8-10-33(11-9-21)12-13-34-14-16-36-17-15-34;2*3-2(4,5)1(6)7/h4,6-7,18,20-21H,1-3,5,8-17H2,(H,30,31)(H,32,35);2*(H,6,7). The van der Waals surface area contributed by atoms with Gasteiger partial charge in [0, 0.05) is 37.4 Å². The molecule has 1 aromatic carbocycles. The molecule has 4 N–H and O–H groups in total. The molecule has 3 aliphatic rings. The Kier molecular flexibility index (Phi) is 14.8. The lowest BCUT2D eigenvalue weighted by Crippen LogP contribution is -2.43. The number of nitriles is 1. The largest absolute Gasteiger partial charge is 0.490 e. The fourth-order valence-electron chi connectivity index (χ4n) is 5.55. The number of benzene rings is 1. The zero-order valence-corrected chi connectivity index (χ0v) is 26.9. The molecular formula is C32H38F6N6O6. The highest BCUT2D eigenvalue weighted by Gasteiger charge is 2.39. The number of piperidine rings is 1. The Hall–Kier alpha value is -4.47. The summed E-state index contributed by atoms with van der Waals surface area (Å²) in [7, 11) is 0. The van der Waals surface area contributed by atoms with Crippen molar-refractivity contribution in [2.75, 3.05) is 57.8 Å². The predicted molar refractivity (Wildman–Crippen MR) is 167 cm³/mol. The first-order valence-corrected chi connectivity index (χ1v) is 15.8. The maximum atomic E-state index is 12.8. The van der Waals surface area contributed by atoms with Crippen LogP contribution in [-0.4, -0.2) is 113 Å². The van der Waals surface area contributed by atoms with Gasteiger partial charge in [-0.25, -0.2) is 14.6 Å². The van der Waals surface area contributed by atoms with Crippen LogP contribution < -0.4 is 5.32 Å². The first-order chi connectivity index (χ1) is 23.6. The summed E-state index contributed by atoms with van der Waals surface area (Å²) in [5.41, 5.74) is 4.91. The lowest BCUT2D eigenvalue weighted by Gasteiger charge is -2.35. The molecule has 0 saturated carbocycles. The van der Waals surface area contributed by atoms with Crippen LogP contribution in [-0.2, 0) is 14.3 Å². The van der Waals surface area contributed by atoms with Crippen LogP contribution in [0.25, 0.3) is 5.57 Å². The minimum absolute atomic E-state index is 0.156. The minimum atomic E-state index is -5.08. The number of carbonyl (C=O) groups excluding carboxylic acids is 1. The van der Waals surface area contributed by atoms with Crippen molar-refractivity contribution in [2.45, 2.75) is 56.8 Å². The van der Waals surface area contributed by atoms with Crippen molar-refractivity contribution in [3.8, 4) is 6.07 Å². The molecule has 18 heteroatoms.